The summed E-state index contributed by atoms with van der Waals surface area (Å²) >= 11 is 0. The van der Waals surface area contributed by atoms with E-state index in [4.69, 9.17) is 0 Å². The van der Waals surface area contributed by atoms with Crippen LogP contribution in [0.3, 0.4) is 0 Å². The molecular weight excluding hydrogens is 248 g/mol. The molecule has 1 aliphatic carbocycles. The molecule has 0 bridgehead atoms. The standard InChI is InChI=1S/C17H26N2O/c1-5-19(6-2)17(3,4)16(20)14-11-7-9-13-10-8-12-18-15(13)14/h8,10,12,14H,5-7,9,11H2,1-4H3. The smallest absolute Gasteiger partial charge is 0.161 e. The van der Waals surface area contributed by atoms with E-state index in [2.05, 4.69) is 43.6 Å². The van der Waals surface area contributed by atoms with Crippen LogP contribution in [0.15, 0.2) is 18.3 Å². The molecule has 1 aromatic rings. The van der Waals surface area contributed by atoms with Crippen LogP contribution in [-0.4, -0.2) is 34.3 Å². The lowest BCUT2D eigenvalue weighted by Gasteiger charge is -2.39. The molecule has 3 nitrogen and oxygen atoms in total. The topological polar surface area (TPSA) is 33.2 Å². The third-order valence-corrected chi connectivity index (χ3v) is 4.67. The molecule has 20 heavy (non-hydrogen) atoms. The van der Waals surface area contributed by atoms with Crippen LogP contribution in [0.1, 0.15) is 57.7 Å². The van der Waals surface area contributed by atoms with Crippen molar-refractivity contribution in [1.29, 1.82) is 0 Å². The second-order valence-corrected chi connectivity index (χ2v) is 6.09. The van der Waals surface area contributed by atoms with Gasteiger partial charge in [-0.15, -0.1) is 0 Å². The zero-order valence-electron chi connectivity index (χ0n) is 13.1. The van der Waals surface area contributed by atoms with Gasteiger partial charge in [-0.1, -0.05) is 19.9 Å². The third kappa shape index (κ3) is 2.64. The van der Waals surface area contributed by atoms with E-state index in [1.165, 1.54) is 5.56 Å². The van der Waals surface area contributed by atoms with Gasteiger partial charge in [0.25, 0.3) is 0 Å². The Hall–Kier alpha value is -1.22. The number of rotatable bonds is 5. The minimum atomic E-state index is -0.416. The molecule has 1 heterocycles. The van der Waals surface area contributed by atoms with Crippen molar-refractivity contribution in [2.45, 2.75) is 58.4 Å². The van der Waals surface area contributed by atoms with Gasteiger partial charge in [0.15, 0.2) is 5.78 Å². The Kier molecular flexibility index (Phi) is 4.59. The molecule has 0 saturated heterocycles. The maximum Gasteiger partial charge on any atom is 0.161 e. The summed E-state index contributed by atoms with van der Waals surface area (Å²) < 4.78 is 0. The molecule has 110 valence electrons. The zero-order valence-corrected chi connectivity index (χ0v) is 13.1. The van der Waals surface area contributed by atoms with Crippen molar-refractivity contribution < 1.29 is 4.79 Å². The van der Waals surface area contributed by atoms with E-state index in [1.807, 2.05) is 12.3 Å². The van der Waals surface area contributed by atoms with E-state index in [9.17, 15) is 4.79 Å². The molecule has 0 saturated carbocycles. The number of hydrogen-bond acceptors (Lipinski definition) is 3. The summed E-state index contributed by atoms with van der Waals surface area (Å²) in [4.78, 5) is 19.8. The summed E-state index contributed by atoms with van der Waals surface area (Å²) in [5.74, 6) is 0.288. The van der Waals surface area contributed by atoms with Crippen LogP contribution >= 0.6 is 0 Å². The van der Waals surface area contributed by atoms with Crippen molar-refractivity contribution in [3.8, 4) is 0 Å². The quantitative estimate of drug-likeness (QED) is 0.826. The Morgan fingerprint density at radius 2 is 2.10 bits per heavy atom. The highest BCUT2D eigenvalue weighted by atomic mass is 16.1. The van der Waals surface area contributed by atoms with Crippen LogP contribution in [0.5, 0.6) is 0 Å². The Morgan fingerprint density at radius 1 is 1.40 bits per heavy atom. The Balaban J connectivity index is 2.31. The van der Waals surface area contributed by atoms with E-state index in [0.717, 1.165) is 38.0 Å². The van der Waals surface area contributed by atoms with Crippen molar-refractivity contribution >= 4 is 5.78 Å². The highest BCUT2D eigenvalue weighted by molar-refractivity contribution is 5.93. The molecule has 1 aliphatic rings. The summed E-state index contributed by atoms with van der Waals surface area (Å²) in [5, 5.41) is 0. The summed E-state index contributed by atoms with van der Waals surface area (Å²) in [6.45, 7) is 10.1. The number of pyridine rings is 1. The number of aryl methyl sites for hydroxylation is 1. The second-order valence-electron chi connectivity index (χ2n) is 6.09. The van der Waals surface area contributed by atoms with Gasteiger partial charge in [0, 0.05) is 6.20 Å². The molecule has 1 aromatic heterocycles. The second kappa shape index (κ2) is 6.04. The van der Waals surface area contributed by atoms with Crippen molar-refractivity contribution in [3.05, 3.63) is 29.6 Å². The molecule has 0 amide bonds. The van der Waals surface area contributed by atoms with Crippen LogP contribution in [0.2, 0.25) is 0 Å². The van der Waals surface area contributed by atoms with Gasteiger partial charge < -0.3 is 0 Å². The maximum atomic E-state index is 13.1. The Labute approximate surface area is 122 Å². The van der Waals surface area contributed by atoms with Gasteiger partial charge in [0.05, 0.1) is 17.2 Å². The number of nitrogens with zero attached hydrogens (tertiary/aromatic N) is 2. The number of ketones is 1. The Morgan fingerprint density at radius 3 is 2.75 bits per heavy atom. The van der Waals surface area contributed by atoms with Crippen molar-refractivity contribution in [3.63, 3.8) is 0 Å². The first kappa shape index (κ1) is 15.2. The molecule has 0 radical (unpaired) electrons. The molecule has 0 spiro atoms. The molecule has 1 atom stereocenters. The summed E-state index contributed by atoms with van der Waals surface area (Å²) in [5.41, 5.74) is 1.86. The molecule has 2 rings (SSSR count). The van der Waals surface area contributed by atoms with Crippen molar-refractivity contribution in [2.75, 3.05) is 13.1 Å². The number of carbonyl (C=O) groups excluding carboxylic acids is 1. The van der Waals surface area contributed by atoms with E-state index < -0.39 is 5.54 Å². The number of fused-ring (bicyclic) bond motifs is 1. The lowest BCUT2D eigenvalue weighted by atomic mass is 9.77. The highest BCUT2D eigenvalue weighted by Gasteiger charge is 2.40. The summed E-state index contributed by atoms with van der Waals surface area (Å²) in [6.07, 6.45) is 4.89. The molecule has 1 unspecified atom stereocenters. The van der Waals surface area contributed by atoms with Crippen LogP contribution in [-0.2, 0) is 11.2 Å². The molecular formula is C17H26N2O. The van der Waals surface area contributed by atoms with Crippen LogP contribution in [0, 0.1) is 0 Å². The van der Waals surface area contributed by atoms with Gasteiger partial charge >= 0.3 is 0 Å². The maximum absolute atomic E-state index is 13.1. The lowest BCUT2D eigenvalue weighted by molar-refractivity contribution is -0.131. The number of aromatic nitrogens is 1. The first-order valence-electron chi connectivity index (χ1n) is 7.75. The van der Waals surface area contributed by atoms with E-state index in [1.54, 1.807) is 0 Å². The van der Waals surface area contributed by atoms with Gasteiger partial charge in [-0.3, -0.25) is 14.7 Å². The summed E-state index contributed by atoms with van der Waals surface area (Å²) in [6, 6.07) is 4.09. The third-order valence-electron chi connectivity index (χ3n) is 4.67. The van der Waals surface area contributed by atoms with Gasteiger partial charge in [-0.2, -0.15) is 0 Å². The van der Waals surface area contributed by atoms with Gasteiger partial charge in [-0.25, -0.2) is 0 Å². The first-order valence-corrected chi connectivity index (χ1v) is 7.75. The SMILES string of the molecule is CCN(CC)C(C)(C)C(=O)C1CCCc2cccnc21. The monoisotopic (exact) mass is 274 g/mol. The highest BCUT2D eigenvalue weighted by Crippen LogP contribution is 2.34. The van der Waals surface area contributed by atoms with Gasteiger partial charge in [0.1, 0.15) is 0 Å². The summed E-state index contributed by atoms with van der Waals surface area (Å²) in [7, 11) is 0. The molecule has 0 aromatic carbocycles. The number of Topliss-reactive ketones (excluding diaryl/α,β-unsaturated/α-hetero) is 1. The lowest BCUT2D eigenvalue weighted by Crippen LogP contribution is -2.52. The number of carbonyl (C=O) groups is 1. The van der Waals surface area contributed by atoms with Crippen molar-refractivity contribution in [1.82, 2.24) is 9.88 Å². The average Bonchev–Trinajstić information content (AvgIpc) is 2.47. The number of hydrogen-bond donors (Lipinski definition) is 0. The minimum Gasteiger partial charge on any atom is -0.297 e. The number of likely N-dealkylation sites (N-methyl/N-ethyl adjacent to an activating group) is 1. The normalized spacial score (nSPS) is 18.9. The molecule has 0 N–H and O–H groups in total. The van der Waals surface area contributed by atoms with E-state index in [-0.39, 0.29) is 5.92 Å². The molecule has 0 aliphatic heterocycles. The fraction of sp³-hybridized carbons (Fsp3) is 0.647. The van der Waals surface area contributed by atoms with Crippen LogP contribution < -0.4 is 0 Å². The molecule has 3 heteroatoms. The molecule has 0 fully saturated rings. The van der Waals surface area contributed by atoms with Crippen LogP contribution in [0.25, 0.3) is 0 Å². The predicted molar refractivity (Wildman–Crippen MR) is 81.9 cm³/mol. The van der Waals surface area contributed by atoms with E-state index >= 15 is 0 Å². The van der Waals surface area contributed by atoms with E-state index in [0.29, 0.717) is 5.78 Å². The fourth-order valence-electron chi connectivity index (χ4n) is 3.46. The van der Waals surface area contributed by atoms with Crippen molar-refractivity contribution in [2.24, 2.45) is 0 Å². The first-order chi connectivity index (χ1) is 9.52. The average molecular weight is 274 g/mol. The van der Waals surface area contributed by atoms with Crippen LogP contribution in [0.4, 0.5) is 0 Å². The Bertz CT molecular complexity index is 478. The predicted octanol–water partition coefficient (Wildman–Crippen LogP) is 3.19. The fourth-order valence-corrected chi connectivity index (χ4v) is 3.46. The minimum absolute atomic E-state index is 0.0319. The zero-order chi connectivity index (χ0) is 14.8. The largest absolute Gasteiger partial charge is 0.297 e. The van der Waals surface area contributed by atoms with Gasteiger partial charge in [-0.05, 0) is 57.8 Å². The van der Waals surface area contributed by atoms with Gasteiger partial charge in [0.2, 0.25) is 0 Å².